The van der Waals surface area contributed by atoms with Gasteiger partial charge >= 0.3 is 0 Å². The highest BCUT2D eigenvalue weighted by atomic mass is 16.4. The van der Waals surface area contributed by atoms with Gasteiger partial charge in [-0.3, -0.25) is 4.57 Å². The average Bonchev–Trinajstić information content (AvgIpc) is 3.59. The van der Waals surface area contributed by atoms with E-state index in [2.05, 4.69) is 65.2 Å². The summed E-state index contributed by atoms with van der Waals surface area (Å²) in [7, 11) is 0. The van der Waals surface area contributed by atoms with E-state index in [1.807, 2.05) is 6.07 Å². The van der Waals surface area contributed by atoms with Crippen molar-refractivity contribution in [3.8, 4) is 29.3 Å². The highest BCUT2D eigenvalue weighted by molar-refractivity contribution is 6.11. The van der Waals surface area contributed by atoms with Gasteiger partial charge in [-0.2, -0.15) is 10.5 Å². The largest absolute Gasteiger partial charge is 0.439 e. The molecule has 33 heavy (non-hydrogen) atoms. The Labute approximate surface area is 190 Å². The lowest BCUT2D eigenvalue weighted by molar-refractivity contribution is 0.492. The Morgan fingerprint density at radius 2 is 1.58 bits per heavy atom. The third-order valence-corrected chi connectivity index (χ3v) is 7.64. The van der Waals surface area contributed by atoms with Crippen molar-refractivity contribution in [3.63, 3.8) is 0 Å². The van der Waals surface area contributed by atoms with Gasteiger partial charge in [-0.25, -0.2) is 0 Å². The predicted octanol–water partition coefficient (Wildman–Crippen LogP) is 6.96. The zero-order chi connectivity index (χ0) is 22.2. The Morgan fingerprint density at radius 1 is 0.788 bits per heavy atom. The molecule has 156 valence electrons. The van der Waals surface area contributed by atoms with Crippen molar-refractivity contribution in [1.29, 1.82) is 10.5 Å². The third-order valence-electron chi connectivity index (χ3n) is 7.64. The number of furan rings is 1. The summed E-state index contributed by atoms with van der Waals surface area (Å²) in [6.07, 6.45) is 4.62. The Kier molecular flexibility index (Phi) is 3.54. The van der Waals surface area contributed by atoms with Crippen LogP contribution < -0.4 is 0 Å². The summed E-state index contributed by atoms with van der Waals surface area (Å²) < 4.78 is 8.93. The Morgan fingerprint density at radius 3 is 2.39 bits per heavy atom. The molecule has 0 amide bonds. The van der Waals surface area contributed by atoms with Gasteiger partial charge in [0.1, 0.15) is 17.9 Å². The van der Waals surface area contributed by atoms with E-state index in [0.717, 1.165) is 35.6 Å². The second-order valence-corrected chi connectivity index (χ2v) is 9.16. The van der Waals surface area contributed by atoms with Gasteiger partial charge in [-0.15, -0.1) is 0 Å². The summed E-state index contributed by atoms with van der Waals surface area (Å²) in [5.41, 5.74) is 6.56. The van der Waals surface area contributed by atoms with Crippen molar-refractivity contribution in [3.05, 3.63) is 89.0 Å². The van der Waals surface area contributed by atoms with Crippen molar-refractivity contribution in [2.45, 2.75) is 31.1 Å². The third kappa shape index (κ3) is 2.23. The molecular formula is C29H19N3O. The lowest BCUT2D eigenvalue weighted by Crippen LogP contribution is -2.28. The van der Waals surface area contributed by atoms with E-state index in [1.54, 1.807) is 12.1 Å². The van der Waals surface area contributed by atoms with Crippen LogP contribution in [0, 0.1) is 22.7 Å². The van der Waals surface area contributed by atoms with Gasteiger partial charge in [0.2, 0.25) is 5.88 Å². The van der Waals surface area contributed by atoms with Crippen molar-refractivity contribution in [2.75, 3.05) is 0 Å². The normalized spacial score (nSPS) is 15.6. The molecule has 1 fully saturated rings. The molecular weight excluding hydrogens is 406 g/mol. The number of rotatable bonds is 1. The number of aromatic nitrogens is 1. The van der Waals surface area contributed by atoms with Gasteiger partial charge in [-0.1, -0.05) is 49.2 Å². The molecule has 7 rings (SSSR count). The van der Waals surface area contributed by atoms with Crippen molar-refractivity contribution in [2.24, 2.45) is 0 Å². The van der Waals surface area contributed by atoms with Crippen LogP contribution in [0.15, 0.2) is 71.1 Å². The Hall–Kier alpha value is -4.28. The van der Waals surface area contributed by atoms with E-state index < -0.39 is 0 Å². The Bertz CT molecular complexity index is 1700. The van der Waals surface area contributed by atoms with E-state index in [4.69, 9.17) is 4.42 Å². The molecule has 2 aromatic heterocycles. The van der Waals surface area contributed by atoms with E-state index in [-0.39, 0.29) is 5.41 Å². The Balaban J connectivity index is 1.58. The number of nitriles is 2. The molecule has 1 aliphatic carbocycles. The molecule has 1 aliphatic heterocycles. The number of hydrogen-bond donors (Lipinski definition) is 0. The van der Waals surface area contributed by atoms with Gasteiger partial charge in [0.25, 0.3) is 0 Å². The van der Waals surface area contributed by atoms with Crippen LogP contribution in [0.1, 0.15) is 47.9 Å². The predicted molar refractivity (Wildman–Crippen MR) is 127 cm³/mol. The van der Waals surface area contributed by atoms with Crippen LogP contribution in [-0.4, -0.2) is 4.57 Å². The van der Waals surface area contributed by atoms with Gasteiger partial charge in [-0.05, 0) is 48.7 Å². The minimum absolute atomic E-state index is 0.0500. The average molecular weight is 425 g/mol. The molecule has 0 atom stereocenters. The van der Waals surface area contributed by atoms with Crippen LogP contribution in [0.2, 0.25) is 0 Å². The maximum atomic E-state index is 9.53. The quantitative estimate of drug-likeness (QED) is 0.291. The molecule has 4 heteroatoms. The van der Waals surface area contributed by atoms with Gasteiger partial charge in [0.15, 0.2) is 0 Å². The molecule has 3 heterocycles. The number of benzene rings is 3. The number of fused-ring (bicyclic) bond motifs is 7. The first-order chi connectivity index (χ1) is 16.2. The SMILES string of the molecule is N#Cc1ccc(-c2cc3c(o2)-n2c4ccccc4c4cccc(c42)C32CCCC2)cc1C#N. The maximum absolute atomic E-state index is 9.53. The number of hydrogen-bond acceptors (Lipinski definition) is 3. The fourth-order valence-electron chi connectivity index (χ4n) is 6.20. The van der Waals surface area contributed by atoms with Crippen LogP contribution in [-0.2, 0) is 5.41 Å². The monoisotopic (exact) mass is 425 g/mol. The summed E-state index contributed by atoms with van der Waals surface area (Å²) >= 11 is 0. The molecule has 5 aromatic rings. The highest BCUT2D eigenvalue weighted by Gasteiger charge is 2.46. The second-order valence-electron chi connectivity index (χ2n) is 9.16. The molecule has 3 aromatic carbocycles. The van der Waals surface area contributed by atoms with Crippen LogP contribution in [0.5, 0.6) is 0 Å². The van der Waals surface area contributed by atoms with Crippen molar-refractivity contribution >= 4 is 21.8 Å². The van der Waals surface area contributed by atoms with Crippen molar-refractivity contribution < 1.29 is 4.42 Å². The van der Waals surface area contributed by atoms with Crippen LogP contribution >= 0.6 is 0 Å². The van der Waals surface area contributed by atoms with E-state index in [0.29, 0.717) is 11.1 Å². The zero-order valence-electron chi connectivity index (χ0n) is 17.9. The molecule has 0 radical (unpaired) electrons. The summed E-state index contributed by atoms with van der Waals surface area (Å²) in [5, 5.41) is 21.3. The standard InChI is InChI=1S/C29H19N3O/c30-16-19-11-10-18(14-20(19)17-31)26-15-24-28(33-26)32-25-9-2-1-6-21(25)22-7-5-8-23(27(22)32)29(24)12-3-4-13-29/h1-2,5-11,14-15H,3-4,12-13H2. The van der Waals surface area contributed by atoms with Crippen LogP contribution in [0.25, 0.3) is 39.0 Å². The molecule has 0 unspecified atom stereocenters. The smallest absolute Gasteiger partial charge is 0.209 e. The molecule has 4 nitrogen and oxygen atoms in total. The molecule has 0 N–H and O–H groups in total. The van der Waals surface area contributed by atoms with Crippen LogP contribution in [0.3, 0.4) is 0 Å². The summed E-state index contributed by atoms with van der Waals surface area (Å²) in [6.45, 7) is 0. The van der Waals surface area contributed by atoms with Gasteiger partial charge in [0, 0.05) is 27.3 Å². The van der Waals surface area contributed by atoms with E-state index in [9.17, 15) is 10.5 Å². The molecule has 2 aliphatic rings. The first kappa shape index (κ1) is 18.3. The minimum Gasteiger partial charge on any atom is -0.439 e. The fraction of sp³-hybridized carbons (Fsp3) is 0.172. The number of para-hydroxylation sites is 2. The number of nitrogens with zero attached hydrogens (tertiary/aromatic N) is 3. The summed E-state index contributed by atoms with van der Waals surface area (Å²) in [4.78, 5) is 0. The van der Waals surface area contributed by atoms with Gasteiger partial charge in [0.05, 0.1) is 22.2 Å². The van der Waals surface area contributed by atoms with E-state index >= 15 is 0 Å². The molecule has 1 saturated carbocycles. The fourth-order valence-corrected chi connectivity index (χ4v) is 6.20. The lowest BCUT2D eigenvalue weighted by atomic mass is 9.71. The summed E-state index contributed by atoms with van der Waals surface area (Å²) in [5.74, 6) is 1.63. The molecule has 1 spiro atoms. The molecule has 0 bridgehead atoms. The second kappa shape index (κ2) is 6.37. The highest BCUT2D eigenvalue weighted by Crippen LogP contribution is 2.56. The first-order valence-corrected chi connectivity index (χ1v) is 11.4. The topological polar surface area (TPSA) is 65.7 Å². The first-order valence-electron chi connectivity index (χ1n) is 11.4. The zero-order valence-corrected chi connectivity index (χ0v) is 17.9. The van der Waals surface area contributed by atoms with Crippen molar-refractivity contribution in [1.82, 2.24) is 4.57 Å². The minimum atomic E-state index is -0.0500. The summed E-state index contributed by atoms with van der Waals surface area (Å²) in [6, 6.07) is 27.0. The molecule has 0 saturated heterocycles. The van der Waals surface area contributed by atoms with Crippen LogP contribution in [0.4, 0.5) is 0 Å². The van der Waals surface area contributed by atoms with Gasteiger partial charge < -0.3 is 4.42 Å². The lowest BCUT2D eigenvalue weighted by Gasteiger charge is -2.34. The maximum Gasteiger partial charge on any atom is 0.209 e. The van der Waals surface area contributed by atoms with E-state index in [1.165, 1.54) is 40.3 Å².